The van der Waals surface area contributed by atoms with Gasteiger partial charge in [-0.1, -0.05) is 41.4 Å². The third kappa shape index (κ3) is 3.05. The van der Waals surface area contributed by atoms with E-state index in [0.29, 0.717) is 5.56 Å². The highest BCUT2D eigenvalue weighted by Gasteiger charge is 2.22. The molecule has 1 atom stereocenters. The number of pyridine rings is 1. The van der Waals surface area contributed by atoms with E-state index in [2.05, 4.69) is 4.98 Å². The molecule has 1 aromatic carbocycles. The highest BCUT2D eigenvalue weighted by molar-refractivity contribution is 6.41. The Bertz CT molecular complexity index is 843. The van der Waals surface area contributed by atoms with Crippen LogP contribution in [0.5, 0.6) is 0 Å². The number of hydrogen-bond donors (Lipinski definition) is 0. The van der Waals surface area contributed by atoms with Gasteiger partial charge in [-0.25, -0.2) is 4.98 Å². The van der Waals surface area contributed by atoms with Crippen molar-refractivity contribution < 1.29 is 9.21 Å². The van der Waals surface area contributed by atoms with Crippen LogP contribution in [0.3, 0.4) is 0 Å². The lowest BCUT2D eigenvalue weighted by Crippen LogP contribution is -2.29. The zero-order chi connectivity index (χ0) is 16.6. The van der Waals surface area contributed by atoms with Gasteiger partial charge < -0.3 is 9.32 Å². The second-order valence-corrected chi connectivity index (χ2v) is 6.04. The number of hydrogen-bond acceptors (Lipinski definition) is 3. The summed E-state index contributed by atoms with van der Waals surface area (Å²) in [6, 6.07) is 11.0. The van der Waals surface area contributed by atoms with E-state index in [9.17, 15) is 4.79 Å². The van der Waals surface area contributed by atoms with E-state index < -0.39 is 0 Å². The SMILES string of the molecule is CC(c1cc2ccccc2o1)N(C)C(=O)c1cnc(Cl)c(Cl)c1. The highest BCUT2D eigenvalue weighted by Crippen LogP contribution is 2.28. The third-order valence-electron chi connectivity index (χ3n) is 3.80. The maximum atomic E-state index is 12.6. The lowest BCUT2D eigenvalue weighted by molar-refractivity contribution is 0.0727. The van der Waals surface area contributed by atoms with Crippen molar-refractivity contribution in [3.8, 4) is 0 Å². The van der Waals surface area contributed by atoms with Crippen molar-refractivity contribution in [1.82, 2.24) is 9.88 Å². The molecule has 0 spiro atoms. The first-order valence-electron chi connectivity index (χ1n) is 7.04. The molecule has 2 heterocycles. The van der Waals surface area contributed by atoms with E-state index in [1.165, 1.54) is 12.3 Å². The van der Waals surface area contributed by atoms with Gasteiger partial charge in [0.2, 0.25) is 0 Å². The first kappa shape index (κ1) is 15.8. The topological polar surface area (TPSA) is 46.3 Å². The van der Waals surface area contributed by atoms with E-state index in [4.69, 9.17) is 27.6 Å². The molecule has 0 bridgehead atoms. The molecule has 1 unspecified atom stereocenters. The minimum absolute atomic E-state index is 0.177. The minimum atomic E-state index is -0.232. The van der Waals surface area contributed by atoms with E-state index >= 15 is 0 Å². The number of fused-ring (bicyclic) bond motifs is 1. The Morgan fingerprint density at radius 2 is 2.00 bits per heavy atom. The van der Waals surface area contributed by atoms with Crippen molar-refractivity contribution in [2.24, 2.45) is 0 Å². The van der Waals surface area contributed by atoms with Crippen LogP contribution in [0.2, 0.25) is 10.2 Å². The van der Waals surface area contributed by atoms with Gasteiger partial charge in [-0.3, -0.25) is 4.79 Å². The third-order valence-corrected chi connectivity index (χ3v) is 4.49. The number of furan rings is 1. The fourth-order valence-corrected chi connectivity index (χ4v) is 2.59. The number of para-hydroxylation sites is 1. The molecule has 6 heteroatoms. The molecule has 3 rings (SSSR count). The molecule has 1 amide bonds. The Morgan fingerprint density at radius 1 is 1.26 bits per heavy atom. The second-order valence-electron chi connectivity index (χ2n) is 5.28. The monoisotopic (exact) mass is 348 g/mol. The van der Waals surface area contributed by atoms with Crippen LogP contribution in [-0.2, 0) is 0 Å². The fourth-order valence-electron chi connectivity index (χ4n) is 2.32. The van der Waals surface area contributed by atoms with Gasteiger partial charge in [0.25, 0.3) is 5.91 Å². The summed E-state index contributed by atoms with van der Waals surface area (Å²) in [6.07, 6.45) is 1.42. The maximum absolute atomic E-state index is 12.6. The first-order chi connectivity index (χ1) is 11.0. The van der Waals surface area contributed by atoms with Crippen molar-refractivity contribution in [3.63, 3.8) is 0 Å². The maximum Gasteiger partial charge on any atom is 0.255 e. The molecular formula is C17H14Cl2N2O2. The van der Waals surface area contributed by atoms with Gasteiger partial charge in [0.1, 0.15) is 16.5 Å². The summed E-state index contributed by atoms with van der Waals surface area (Å²) < 4.78 is 5.82. The van der Waals surface area contributed by atoms with Crippen LogP contribution < -0.4 is 0 Å². The largest absolute Gasteiger partial charge is 0.459 e. The molecular weight excluding hydrogens is 335 g/mol. The van der Waals surface area contributed by atoms with Crippen LogP contribution in [-0.4, -0.2) is 22.8 Å². The zero-order valence-electron chi connectivity index (χ0n) is 12.6. The smallest absolute Gasteiger partial charge is 0.255 e. The average Bonchev–Trinajstić information content (AvgIpc) is 2.99. The molecule has 0 fully saturated rings. The standard InChI is InChI=1S/C17H14Cl2N2O2/c1-10(15-8-11-5-3-4-6-14(11)23-15)21(2)17(22)12-7-13(18)16(19)20-9-12/h3-10H,1-2H3. The molecule has 0 saturated carbocycles. The summed E-state index contributed by atoms with van der Waals surface area (Å²) in [4.78, 5) is 18.1. The quantitative estimate of drug-likeness (QED) is 0.628. The number of benzene rings is 1. The predicted octanol–water partition coefficient (Wildman–Crippen LogP) is 4.97. The summed E-state index contributed by atoms with van der Waals surface area (Å²) in [5, 5.41) is 1.44. The normalized spacial score (nSPS) is 12.3. The van der Waals surface area contributed by atoms with Crippen LogP contribution in [0.15, 0.2) is 47.0 Å². The fraction of sp³-hybridized carbons (Fsp3) is 0.176. The Balaban J connectivity index is 1.87. The second kappa shape index (κ2) is 6.22. The molecule has 0 aliphatic heterocycles. The zero-order valence-corrected chi connectivity index (χ0v) is 14.1. The van der Waals surface area contributed by atoms with Gasteiger partial charge in [-0.15, -0.1) is 0 Å². The van der Waals surface area contributed by atoms with E-state index in [1.54, 1.807) is 11.9 Å². The number of nitrogens with zero attached hydrogens (tertiary/aromatic N) is 2. The summed E-state index contributed by atoms with van der Waals surface area (Å²) in [5.74, 6) is 0.513. The lowest BCUT2D eigenvalue weighted by Gasteiger charge is -2.23. The summed E-state index contributed by atoms with van der Waals surface area (Å²) in [7, 11) is 1.71. The molecule has 0 aliphatic rings. The predicted molar refractivity (Wildman–Crippen MR) is 91.0 cm³/mol. The van der Waals surface area contributed by atoms with E-state index in [1.807, 2.05) is 37.3 Å². The highest BCUT2D eigenvalue weighted by atomic mass is 35.5. The Morgan fingerprint density at radius 3 is 2.70 bits per heavy atom. The number of carbonyl (C=O) groups excluding carboxylic acids is 1. The first-order valence-corrected chi connectivity index (χ1v) is 7.79. The molecule has 23 heavy (non-hydrogen) atoms. The summed E-state index contributed by atoms with van der Waals surface area (Å²) in [6.45, 7) is 1.90. The molecule has 0 saturated heterocycles. The van der Waals surface area contributed by atoms with Gasteiger partial charge in [-0.2, -0.15) is 0 Å². The van der Waals surface area contributed by atoms with Crippen molar-refractivity contribution in [2.45, 2.75) is 13.0 Å². The lowest BCUT2D eigenvalue weighted by atomic mass is 10.1. The Labute approximate surface area is 143 Å². The van der Waals surface area contributed by atoms with Crippen LogP contribution in [0.1, 0.15) is 29.1 Å². The summed E-state index contributed by atoms with van der Waals surface area (Å²) >= 11 is 11.7. The Hall–Kier alpha value is -2.04. The minimum Gasteiger partial charge on any atom is -0.459 e. The van der Waals surface area contributed by atoms with Gasteiger partial charge in [0, 0.05) is 18.6 Å². The molecule has 0 radical (unpaired) electrons. The van der Waals surface area contributed by atoms with Crippen molar-refractivity contribution in [2.75, 3.05) is 7.05 Å². The number of rotatable bonds is 3. The van der Waals surface area contributed by atoms with Gasteiger partial charge in [0.15, 0.2) is 0 Å². The van der Waals surface area contributed by atoms with Crippen molar-refractivity contribution >= 4 is 40.1 Å². The van der Waals surface area contributed by atoms with Gasteiger partial charge >= 0.3 is 0 Å². The molecule has 118 valence electrons. The molecule has 0 N–H and O–H groups in total. The van der Waals surface area contributed by atoms with E-state index in [0.717, 1.165) is 16.7 Å². The molecule has 3 aromatic rings. The molecule has 4 nitrogen and oxygen atoms in total. The van der Waals surface area contributed by atoms with Crippen molar-refractivity contribution in [1.29, 1.82) is 0 Å². The van der Waals surface area contributed by atoms with Crippen molar-refractivity contribution in [3.05, 3.63) is 64.1 Å². The number of carbonyl (C=O) groups is 1. The van der Waals surface area contributed by atoms with Crippen LogP contribution in [0.25, 0.3) is 11.0 Å². The number of aromatic nitrogens is 1. The van der Waals surface area contributed by atoms with Crippen LogP contribution >= 0.6 is 23.2 Å². The summed E-state index contributed by atoms with van der Waals surface area (Å²) in [5.41, 5.74) is 1.18. The van der Waals surface area contributed by atoms with E-state index in [-0.39, 0.29) is 22.1 Å². The van der Waals surface area contributed by atoms with Gasteiger partial charge in [-0.05, 0) is 25.1 Å². The molecule has 0 aliphatic carbocycles. The number of amides is 1. The van der Waals surface area contributed by atoms with Crippen LogP contribution in [0, 0.1) is 0 Å². The average molecular weight is 349 g/mol. The Kier molecular flexibility index (Phi) is 4.28. The van der Waals surface area contributed by atoms with Gasteiger partial charge in [0.05, 0.1) is 16.6 Å². The van der Waals surface area contributed by atoms with Crippen LogP contribution in [0.4, 0.5) is 0 Å². The molecule has 2 aromatic heterocycles. The number of halogens is 2.